The highest BCUT2D eigenvalue weighted by atomic mass is 19.1. The first-order valence-electron chi connectivity index (χ1n) is 8.71. The average molecular weight is 375 g/mol. The summed E-state index contributed by atoms with van der Waals surface area (Å²) in [6.07, 6.45) is 1.99. The normalized spacial score (nSPS) is 13.8. The standard InChI is InChI=1S/C20H22FNO5/c1-12-13(20(24)25)5-6-14(19(12)23)17-16(27-11-26-2)8-7-15(18(17)21)22-9-3-4-10-22/h5-8,23H,3-4,9-11H2,1-2H3,(H,24,25). The molecule has 0 radical (unpaired) electrons. The third-order valence-corrected chi connectivity index (χ3v) is 4.79. The maximum atomic E-state index is 15.5. The summed E-state index contributed by atoms with van der Waals surface area (Å²) >= 11 is 0. The van der Waals surface area contributed by atoms with Gasteiger partial charge in [-0.05, 0) is 44.0 Å². The Bertz CT molecular complexity index is 862. The number of carbonyl (C=O) groups is 1. The summed E-state index contributed by atoms with van der Waals surface area (Å²) in [6.45, 7) is 2.93. The maximum Gasteiger partial charge on any atom is 0.336 e. The van der Waals surface area contributed by atoms with Crippen molar-refractivity contribution in [1.29, 1.82) is 0 Å². The van der Waals surface area contributed by atoms with E-state index >= 15 is 4.39 Å². The van der Waals surface area contributed by atoms with Crippen LogP contribution in [0.5, 0.6) is 11.5 Å². The van der Waals surface area contributed by atoms with Crippen LogP contribution in [0.25, 0.3) is 11.1 Å². The zero-order valence-corrected chi connectivity index (χ0v) is 15.3. The number of hydrogen-bond acceptors (Lipinski definition) is 5. The number of halogens is 1. The minimum atomic E-state index is -1.16. The van der Waals surface area contributed by atoms with Crippen molar-refractivity contribution in [3.05, 3.63) is 41.2 Å². The number of aromatic hydroxyl groups is 1. The fourth-order valence-corrected chi connectivity index (χ4v) is 3.38. The molecule has 1 aliphatic rings. The third kappa shape index (κ3) is 3.55. The summed E-state index contributed by atoms with van der Waals surface area (Å²) in [6, 6.07) is 6.06. The van der Waals surface area contributed by atoms with Gasteiger partial charge < -0.3 is 24.6 Å². The average Bonchev–Trinajstić information content (AvgIpc) is 3.17. The molecule has 1 saturated heterocycles. The van der Waals surface area contributed by atoms with E-state index in [4.69, 9.17) is 9.47 Å². The van der Waals surface area contributed by atoms with Gasteiger partial charge in [0.2, 0.25) is 0 Å². The third-order valence-electron chi connectivity index (χ3n) is 4.79. The molecule has 2 aromatic carbocycles. The zero-order valence-electron chi connectivity index (χ0n) is 15.3. The number of rotatable bonds is 6. The minimum Gasteiger partial charge on any atom is -0.507 e. The molecule has 2 N–H and O–H groups in total. The van der Waals surface area contributed by atoms with E-state index in [1.165, 1.54) is 26.2 Å². The van der Waals surface area contributed by atoms with E-state index < -0.39 is 11.8 Å². The largest absolute Gasteiger partial charge is 0.507 e. The van der Waals surface area contributed by atoms with Gasteiger partial charge in [0.05, 0.1) is 16.8 Å². The number of phenolic OH excluding ortho intramolecular Hbond substituents is 1. The number of carboxylic acid groups (broad SMARTS) is 1. The van der Waals surface area contributed by atoms with Crippen molar-refractivity contribution >= 4 is 11.7 Å². The first-order valence-corrected chi connectivity index (χ1v) is 8.71. The molecule has 27 heavy (non-hydrogen) atoms. The molecule has 1 heterocycles. The van der Waals surface area contributed by atoms with Gasteiger partial charge in [-0.1, -0.05) is 0 Å². The van der Waals surface area contributed by atoms with Gasteiger partial charge in [0, 0.05) is 31.3 Å². The molecule has 0 atom stereocenters. The molecule has 6 nitrogen and oxygen atoms in total. The van der Waals surface area contributed by atoms with Crippen molar-refractivity contribution in [2.75, 3.05) is 31.9 Å². The van der Waals surface area contributed by atoms with E-state index in [2.05, 4.69) is 0 Å². The number of nitrogens with zero attached hydrogens (tertiary/aromatic N) is 1. The minimum absolute atomic E-state index is 0.0354. The van der Waals surface area contributed by atoms with Gasteiger partial charge in [-0.2, -0.15) is 0 Å². The smallest absolute Gasteiger partial charge is 0.336 e. The van der Waals surface area contributed by atoms with Crippen LogP contribution < -0.4 is 9.64 Å². The molecule has 1 fully saturated rings. The fraction of sp³-hybridized carbons (Fsp3) is 0.350. The Morgan fingerprint density at radius 3 is 2.56 bits per heavy atom. The summed E-state index contributed by atoms with van der Waals surface area (Å²) in [5.74, 6) is -1.73. The van der Waals surface area contributed by atoms with Crippen molar-refractivity contribution < 1.29 is 28.9 Å². The van der Waals surface area contributed by atoms with Crippen molar-refractivity contribution in [3.8, 4) is 22.6 Å². The second-order valence-corrected chi connectivity index (χ2v) is 6.46. The van der Waals surface area contributed by atoms with E-state index in [1.54, 1.807) is 12.1 Å². The summed E-state index contributed by atoms with van der Waals surface area (Å²) in [5.41, 5.74) is 0.846. The van der Waals surface area contributed by atoms with E-state index in [0.717, 1.165) is 25.9 Å². The SMILES string of the molecule is COCOc1ccc(N2CCCC2)c(F)c1-c1ccc(C(=O)O)c(C)c1O. The van der Waals surface area contributed by atoms with Crippen molar-refractivity contribution in [1.82, 2.24) is 0 Å². The van der Waals surface area contributed by atoms with E-state index in [1.807, 2.05) is 4.90 Å². The first-order chi connectivity index (χ1) is 13.0. The van der Waals surface area contributed by atoms with Gasteiger partial charge in [0.15, 0.2) is 12.6 Å². The Labute approximate surface area is 156 Å². The summed E-state index contributed by atoms with van der Waals surface area (Å²) in [5, 5.41) is 19.8. The van der Waals surface area contributed by atoms with E-state index in [-0.39, 0.29) is 40.5 Å². The Kier molecular flexibility index (Phi) is 5.51. The highest BCUT2D eigenvalue weighted by Crippen LogP contribution is 2.43. The van der Waals surface area contributed by atoms with Gasteiger partial charge in [-0.3, -0.25) is 0 Å². The lowest BCUT2D eigenvalue weighted by atomic mass is 9.96. The Morgan fingerprint density at radius 2 is 1.93 bits per heavy atom. The molecule has 7 heteroatoms. The molecular weight excluding hydrogens is 353 g/mol. The Hall–Kier alpha value is -2.80. The number of phenols is 1. The van der Waals surface area contributed by atoms with Crippen LogP contribution in [-0.4, -0.2) is 43.2 Å². The first kappa shape index (κ1) is 19.0. The molecule has 1 aliphatic heterocycles. The van der Waals surface area contributed by atoms with E-state index in [9.17, 15) is 15.0 Å². The molecule has 0 bridgehead atoms. The van der Waals surface area contributed by atoms with Gasteiger partial charge in [-0.25, -0.2) is 9.18 Å². The number of aromatic carboxylic acids is 1. The monoisotopic (exact) mass is 375 g/mol. The van der Waals surface area contributed by atoms with Crippen LogP contribution in [0.15, 0.2) is 24.3 Å². The van der Waals surface area contributed by atoms with E-state index in [0.29, 0.717) is 5.69 Å². The molecule has 0 amide bonds. The number of methoxy groups -OCH3 is 1. The van der Waals surface area contributed by atoms with Gasteiger partial charge in [-0.15, -0.1) is 0 Å². The number of carboxylic acids is 1. The molecule has 144 valence electrons. The van der Waals surface area contributed by atoms with Crippen LogP contribution >= 0.6 is 0 Å². The lowest BCUT2D eigenvalue weighted by molar-refractivity contribution is 0.0513. The number of hydrogen-bond donors (Lipinski definition) is 2. The van der Waals surface area contributed by atoms with Crippen molar-refractivity contribution in [2.45, 2.75) is 19.8 Å². The molecule has 0 aromatic heterocycles. The lowest BCUT2D eigenvalue weighted by Gasteiger charge is -2.22. The highest BCUT2D eigenvalue weighted by Gasteiger charge is 2.25. The van der Waals surface area contributed by atoms with Crippen LogP contribution in [0.4, 0.5) is 10.1 Å². The van der Waals surface area contributed by atoms with Crippen LogP contribution in [-0.2, 0) is 4.74 Å². The predicted molar refractivity (Wildman–Crippen MR) is 99.1 cm³/mol. The van der Waals surface area contributed by atoms with Gasteiger partial charge >= 0.3 is 5.97 Å². The number of benzene rings is 2. The van der Waals surface area contributed by atoms with Crippen molar-refractivity contribution in [2.24, 2.45) is 0 Å². The molecule has 2 aromatic rings. The second kappa shape index (κ2) is 7.84. The summed E-state index contributed by atoms with van der Waals surface area (Å²) < 4.78 is 25.9. The molecule has 0 saturated carbocycles. The molecule has 0 unspecified atom stereocenters. The number of anilines is 1. The quantitative estimate of drug-likeness (QED) is 0.748. The van der Waals surface area contributed by atoms with Gasteiger partial charge in [0.25, 0.3) is 0 Å². The second-order valence-electron chi connectivity index (χ2n) is 6.46. The van der Waals surface area contributed by atoms with Gasteiger partial charge in [0.1, 0.15) is 11.5 Å². The fourth-order valence-electron chi connectivity index (χ4n) is 3.38. The molecular formula is C20H22FNO5. The van der Waals surface area contributed by atoms with Crippen LogP contribution in [0.1, 0.15) is 28.8 Å². The van der Waals surface area contributed by atoms with Crippen molar-refractivity contribution in [3.63, 3.8) is 0 Å². The van der Waals surface area contributed by atoms with Crippen LogP contribution in [0.2, 0.25) is 0 Å². The Morgan fingerprint density at radius 1 is 1.22 bits per heavy atom. The maximum absolute atomic E-state index is 15.5. The molecule has 0 spiro atoms. The van der Waals surface area contributed by atoms with Crippen LogP contribution in [0.3, 0.4) is 0 Å². The summed E-state index contributed by atoms with van der Waals surface area (Å²) in [4.78, 5) is 13.2. The topological polar surface area (TPSA) is 79.2 Å². The zero-order chi connectivity index (χ0) is 19.6. The molecule has 0 aliphatic carbocycles. The Balaban J connectivity index is 2.18. The predicted octanol–water partition coefficient (Wildman–Crippen LogP) is 3.79. The highest BCUT2D eigenvalue weighted by molar-refractivity contribution is 5.93. The number of ether oxygens (including phenoxy) is 2. The lowest BCUT2D eigenvalue weighted by Crippen LogP contribution is -2.19. The molecule has 3 rings (SSSR count). The van der Waals surface area contributed by atoms with Crippen LogP contribution in [0, 0.1) is 12.7 Å². The summed E-state index contributed by atoms with van der Waals surface area (Å²) in [7, 11) is 1.46.